The van der Waals surface area contributed by atoms with Crippen molar-refractivity contribution in [2.24, 2.45) is 0 Å². The molecule has 1 atom stereocenters. The largest absolute Gasteiger partial charge is 0.479 e. The topological polar surface area (TPSA) is 58.6 Å². The van der Waals surface area contributed by atoms with Crippen LogP contribution in [0.4, 0.5) is 10.1 Å². The number of methoxy groups -OCH3 is 1. The number of halogens is 1. The first-order valence-electron chi connectivity index (χ1n) is 4.74. The normalized spacial score (nSPS) is 14.2. The van der Waals surface area contributed by atoms with Crippen LogP contribution in [-0.4, -0.2) is 30.3 Å². The minimum Gasteiger partial charge on any atom is -0.479 e. The quantitative estimate of drug-likeness (QED) is 0.804. The molecule has 16 heavy (non-hydrogen) atoms. The fraction of sp³-hybridized carbons (Fsp3) is 0.364. The summed E-state index contributed by atoms with van der Waals surface area (Å²) in [5, 5.41) is 11.9. The smallest absolute Gasteiger partial charge is 0.331 e. The molecule has 88 valence electrons. The molecule has 0 aliphatic carbocycles. The van der Waals surface area contributed by atoms with Crippen molar-refractivity contribution in [1.29, 1.82) is 0 Å². The number of benzene rings is 1. The zero-order valence-electron chi connectivity index (χ0n) is 9.16. The molecule has 0 bridgehead atoms. The Kier molecular flexibility index (Phi) is 3.84. The number of nitrogens with one attached hydrogen (secondary N) is 1. The molecule has 1 unspecified atom stereocenters. The van der Waals surface area contributed by atoms with Gasteiger partial charge >= 0.3 is 5.97 Å². The third kappa shape index (κ3) is 2.93. The van der Waals surface area contributed by atoms with E-state index in [9.17, 15) is 9.18 Å². The maximum absolute atomic E-state index is 12.7. The van der Waals surface area contributed by atoms with Gasteiger partial charge in [0.1, 0.15) is 5.82 Å². The van der Waals surface area contributed by atoms with Crippen LogP contribution < -0.4 is 5.32 Å². The first-order valence-corrected chi connectivity index (χ1v) is 4.74. The van der Waals surface area contributed by atoms with E-state index in [0.717, 1.165) is 0 Å². The van der Waals surface area contributed by atoms with Gasteiger partial charge in [-0.3, -0.25) is 0 Å². The van der Waals surface area contributed by atoms with Crippen LogP contribution in [0.3, 0.4) is 0 Å². The summed E-state index contributed by atoms with van der Waals surface area (Å²) >= 11 is 0. The molecule has 5 heteroatoms. The first-order chi connectivity index (χ1) is 7.48. The lowest BCUT2D eigenvalue weighted by Gasteiger charge is -2.26. The molecular formula is C11H14FNO3. The number of rotatable bonds is 5. The number of carboxylic acid groups (broad SMARTS) is 1. The molecular weight excluding hydrogens is 213 g/mol. The molecule has 0 fully saturated rings. The van der Waals surface area contributed by atoms with Crippen LogP contribution in [0.5, 0.6) is 0 Å². The molecule has 0 saturated carbocycles. The summed E-state index contributed by atoms with van der Waals surface area (Å²) in [6.07, 6.45) is 0. The second kappa shape index (κ2) is 4.94. The highest BCUT2D eigenvalue weighted by atomic mass is 19.1. The van der Waals surface area contributed by atoms with Crippen molar-refractivity contribution in [2.45, 2.75) is 12.5 Å². The highest BCUT2D eigenvalue weighted by Gasteiger charge is 2.33. The van der Waals surface area contributed by atoms with Gasteiger partial charge in [-0.15, -0.1) is 0 Å². The van der Waals surface area contributed by atoms with Gasteiger partial charge in [0, 0.05) is 12.8 Å². The van der Waals surface area contributed by atoms with Crippen LogP contribution in [0.15, 0.2) is 24.3 Å². The van der Waals surface area contributed by atoms with Gasteiger partial charge in [-0.25, -0.2) is 9.18 Å². The maximum atomic E-state index is 12.7. The lowest BCUT2D eigenvalue weighted by atomic mass is 10.0. The maximum Gasteiger partial charge on any atom is 0.331 e. The predicted octanol–water partition coefficient (Wildman–Crippen LogP) is 1.73. The van der Waals surface area contributed by atoms with E-state index in [1.165, 1.54) is 38.3 Å². The lowest BCUT2D eigenvalue weighted by molar-refractivity contribution is -0.143. The standard InChI is InChI=1S/C11H14FNO3/c1-11(7-16-2,10(14)15)13-9-5-3-8(12)4-6-9/h3-6,13H,7H2,1-2H3,(H,14,15). The number of anilines is 1. The molecule has 0 spiro atoms. The van der Waals surface area contributed by atoms with Crippen molar-refractivity contribution in [3.05, 3.63) is 30.1 Å². The fourth-order valence-corrected chi connectivity index (χ4v) is 1.29. The molecule has 0 aromatic heterocycles. The van der Waals surface area contributed by atoms with Gasteiger partial charge in [0.25, 0.3) is 0 Å². The lowest BCUT2D eigenvalue weighted by Crippen LogP contribution is -2.47. The van der Waals surface area contributed by atoms with E-state index < -0.39 is 11.5 Å². The van der Waals surface area contributed by atoms with Gasteiger partial charge in [0.2, 0.25) is 0 Å². The van der Waals surface area contributed by atoms with Crippen LogP contribution in [-0.2, 0) is 9.53 Å². The second-order valence-corrected chi connectivity index (χ2v) is 3.70. The number of carbonyl (C=O) groups is 1. The first kappa shape index (κ1) is 12.4. The minimum absolute atomic E-state index is 0.0136. The van der Waals surface area contributed by atoms with E-state index in [2.05, 4.69) is 5.32 Å². The molecule has 0 radical (unpaired) electrons. The molecule has 1 aromatic rings. The summed E-state index contributed by atoms with van der Waals surface area (Å²) < 4.78 is 17.5. The van der Waals surface area contributed by atoms with E-state index in [1.807, 2.05) is 0 Å². The Morgan fingerprint density at radius 3 is 2.50 bits per heavy atom. The number of hydrogen-bond acceptors (Lipinski definition) is 3. The highest BCUT2D eigenvalue weighted by Crippen LogP contribution is 2.16. The number of carboxylic acids is 1. The van der Waals surface area contributed by atoms with Crippen LogP contribution in [0.25, 0.3) is 0 Å². The molecule has 0 saturated heterocycles. The Morgan fingerprint density at radius 1 is 1.50 bits per heavy atom. The Morgan fingerprint density at radius 2 is 2.06 bits per heavy atom. The summed E-state index contributed by atoms with van der Waals surface area (Å²) in [5.41, 5.74) is -0.699. The minimum atomic E-state index is -1.23. The molecule has 0 aliphatic heterocycles. The molecule has 1 aromatic carbocycles. The van der Waals surface area contributed by atoms with Crippen molar-refractivity contribution in [2.75, 3.05) is 19.0 Å². The van der Waals surface area contributed by atoms with Gasteiger partial charge < -0.3 is 15.2 Å². The number of hydrogen-bond donors (Lipinski definition) is 2. The molecule has 0 amide bonds. The van der Waals surface area contributed by atoms with E-state index in [-0.39, 0.29) is 12.4 Å². The van der Waals surface area contributed by atoms with Crippen LogP contribution in [0, 0.1) is 5.82 Å². The highest BCUT2D eigenvalue weighted by molar-refractivity contribution is 5.82. The zero-order valence-corrected chi connectivity index (χ0v) is 9.16. The summed E-state index contributed by atoms with van der Waals surface area (Å²) in [6.45, 7) is 1.52. The van der Waals surface area contributed by atoms with E-state index in [0.29, 0.717) is 5.69 Å². The van der Waals surface area contributed by atoms with Crippen LogP contribution >= 0.6 is 0 Å². The Labute approximate surface area is 93.0 Å². The number of aliphatic carboxylic acids is 1. The van der Waals surface area contributed by atoms with Crippen molar-refractivity contribution < 1.29 is 19.0 Å². The molecule has 2 N–H and O–H groups in total. The predicted molar refractivity (Wildman–Crippen MR) is 57.9 cm³/mol. The third-order valence-electron chi connectivity index (χ3n) is 2.17. The van der Waals surface area contributed by atoms with E-state index in [4.69, 9.17) is 9.84 Å². The van der Waals surface area contributed by atoms with Gasteiger partial charge in [0.15, 0.2) is 5.54 Å². The number of ether oxygens (including phenoxy) is 1. The molecule has 4 nitrogen and oxygen atoms in total. The summed E-state index contributed by atoms with van der Waals surface area (Å²) in [5.74, 6) is -1.40. The monoisotopic (exact) mass is 227 g/mol. The van der Waals surface area contributed by atoms with Crippen LogP contribution in [0.1, 0.15) is 6.92 Å². The van der Waals surface area contributed by atoms with Crippen molar-refractivity contribution >= 4 is 11.7 Å². The van der Waals surface area contributed by atoms with E-state index >= 15 is 0 Å². The zero-order chi connectivity index (χ0) is 12.2. The van der Waals surface area contributed by atoms with Crippen molar-refractivity contribution in [3.63, 3.8) is 0 Å². The Hall–Kier alpha value is -1.62. The SMILES string of the molecule is COCC(C)(Nc1ccc(F)cc1)C(=O)O. The fourth-order valence-electron chi connectivity index (χ4n) is 1.29. The van der Waals surface area contributed by atoms with Gasteiger partial charge in [-0.1, -0.05) is 0 Å². The third-order valence-corrected chi connectivity index (χ3v) is 2.17. The average molecular weight is 227 g/mol. The van der Waals surface area contributed by atoms with Crippen LogP contribution in [0.2, 0.25) is 0 Å². The summed E-state index contributed by atoms with van der Waals surface area (Å²) in [4.78, 5) is 11.1. The van der Waals surface area contributed by atoms with Gasteiger partial charge in [-0.05, 0) is 31.2 Å². The van der Waals surface area contributed by atoms with Gasteiger partial charge in [0.05, 0.1) is 6.61 Å². The molecule has 0 aliphatic rings. The Balaban J connectivity index is 2.83. The molecule has 1 rings (SSSR count). The van der Waals surface area contributed by atoms with Crippen molar-refractivity contribution in [3.8, 4) is 0 Å². The summed E-state index contributed by atoms with van der Waals surface area (Å²) in [7, 11) is 1.42. The average Bonchev–Trinajstić information content (AvgIpc) is 2.22. The second-order valence-electron chi connectivity index (χ2n) is 3.70. The van der Waals surface area contributed by atoms with E-state index in [1.54, 1.807) is 0 Å². The molecule has 0 heterocycles. The van der Waals surface area contributed by atoms with Gasteiger partial charge in [-0.2, -0.15) is 0 Å². The Bertz CT molecular complexity index is 366. The summed E-state index contributed by atoms with van der Waals surface area (Å²) in [6, 6.07) is 5.48. The van der Waals surface area contributed by atoms with Crippen molar-refractivity contribution in [1.82, 2.24) is 0 Å².